The van der Waals surface area contributed by atoms with E-state index in [0.717, 1.165) is 11.3 Å². The number of carboxylic acid groups (broad SMARTS) is 1. The highest BCUT2D eigenvalue weighted by molar-refractivity contribution is 5.85. The van der Waals surface area contributed by atoms with Crippen molar-refractivity contribution in [2.24, 2.45) is 0 Å². The Kier molecular flexibility index (Phi) is 4.39. The zero-order valence-electron chi connectivity index (χ0n) is 10.6. The van der Waals surface area contributed by atoms with Crippen molar-refractivity contribution in [1.82, 2.24) is 5.32 Å². The number of hydrogen-bond acceptors (Lipinski definition) is 3. The van der Waals surface area contributed by atoms with Crippen LogP contribution in [0.4, 0.5) is 0 Å². The number of ether oxygens (including phenoxy) is 1. The van der Waals surface area contributed by atoms with Crippen LogP contribution in [0.15, 0.2) is 24.3 Å². The number of fused-ring (bicyclic) bond motifs is 1. The summed E-state index contributed by atoms with van der Waals surface area (Å²) in [7, 11) is 0. The molecule has 102 valence electrons. The number of unbranched alkanes of at least 4 members (excludes halogenated alkanes) is 1. The number of rotatable bonds is 6. The van der Waals surface area contributed by atoms with Crippen LogP contribution in [0.2, 0.25) is 0 Å². The maximum absolute atomic E-state index is 12.0. The van der Waals surface area contributed by atoms with Crippen LogP contribution >= 0.6 is 0 Å². The molecule has 0 radical (unpaired) electrons. The number of carboxylic acids is 1. The summed E-state index contributed by atoms with van der Waals surface area (Å²) in [6.07, 6.45) is 1.39. The molecule has 0 fully saturated rings. The molecule has 1 amide bonds. The number of carbonyl (C=O) groups is 2. The molecular formula is C14H17NO4. The Morgan fingerprint density at radius 1 is 1.32 bits per heavy atom. The molecule has 2 rings (SSSR count). The van der Waals surface area contributed by atoms with Crippen molar-refractivity contribution in [3.63, 3.8) is 0 Å². The summed E-state index contributed by atoms with van der Waals surface area (Å²) in [4.78, 5) is 22.3. The minimum atomic E-state index is -0.801. The van der Waals surface area contributed by atoms with Gasteiger partial charge in [-0.2, -0.15) is 0 Å². The molecule has 2 N–H and O–H groups in total. The minimum absolute atomic E-state index is 0.0553. The predicted molar refractivity (Wildman–Crippen MR) is 69.2 cm³/mol. The summed E-state index contributed by atoms with van der Waals surface area (Å²) in [6.45, 7) is 0.880. The van der Waals surface area contributed by atoms with Gasteiger partial charge >= 0.3 is 5.97 Å². The average Bonchev–Trinajstić information content (AvgIpc) is 2.81. The third kappa shape index (κ3) is 3.47. The van der Waals surface area contributed by atoms with Crippen LogP contribution in [0, 0.1) is 0 Å². The highest BCUT2D eigenvalue weighted by Crippen LogP contribution is 2.33. The molecule has 0 saturated carbocycles. The van der Waals surface area contributed by atoms with E-state index < -0.39 is 5.97 Å². The molecule has 0 spiro atoms. The van der Waals surface area contributed by atoms with Gasteiger partial charge in [0.15, 0.2) is 0 Å². The van der Waals surface area contributed by atoms with Crippen molar-refractivity contribution in [2.75, 3.05) is 13.2 Å². The number of amides is 1. The fourth-order valence-corrected chi connectivity index (χ4v) is 2.12. The largest absolute Gasteiger partial charge is 0.492 e. The van der Waals surface area contributed by atoms with E-state index in [1.165, 1.54) is 0 Å². The van der Waals surface area contributed by atoms with E-state index >= 15 is 0 Å². The summed E-state index contributed by atoms with van der Waals surface area (Å²) in [5, 5.41) is 11.3. The van der Waals surface area contributed by atoms with Gasteiger partial charge in [0.25, 0.3) is 0 Å². The van der Waals surface area contributed by atoms with Crippen molar-refractivity contribution in [3.8, 4) is 5.75 Å². The molecule has 1 aromatic carbocycles. The molecule has 1 heterocycles. The second-order valence-corrected chi connectivity index (χ2v) is 4.54. The van der Waals surface area contributed by atoms with Crippen LogP contribution < -0.4 is 10.1 Å². The fourth-order valence-electron chi connectivity index (χ4n) is 2.12. The van der Waals surface area contributed by atoms with Gasteiger partial charge in [-0.15, -0.1) is 0 Å². The maximum atomic E-state index is 12.0. The lowest BCUT2D eigenvalue weighted by Crippen LogP contribution is -2.31. The van der Waals surface area contributed by atoms with E-state index in [4.69, 9.17) is 9.84 Å². The normalized spacial score (nSPS) is 16.5. The van der Waals surface area contributed by atoms with Gasteiger partial charge in [-0.3, -0.25) is 9.59 Å². The summed E-state index contributed by atoms with van der Waals surface area (Å²) >= 11 is 0. The van der Waals surface area contributed by atoms with Gasteiger partial charge in [0.05, 0.1) is 0 Å². The molecule has 19 heavy (non-hydrogen) atoms. The minimum Gasteiger partial charge on any atom is -0.492 e. The van der Waals surface area contributed by atoms with Crippen molar-refractivity contribution >= 4 is 11.9 Å². The molecule has 1 aromatic rings. The van der Waals surface area contributed by atoms with E-state index in [-0.39, 0.29) is 18.2 Å². The molecule has 0 unspecified atom stereocenters. The number of aliphatic carboxylic acids is 1. The standard InChI is InChI=1S/C14H17NO4/c16-13(17)7-3-4-8-15-14(18)11-9-19-12-6-2-1-5-10(11)12/h1-2,5-6,11H,3-4,7-9H2,(H,15,18)(H,16,17)/t11-/m0/s1. The molecule has 0 bridgehead atoms. The Balaban J connectivity index is 1.77. The van der Waals surface area contributed by atoms with Crippen LogP contribution in [0.3, 0.4) is 0 Å². The van der Waals surface area contributed by atoms with Crippen molar-refractivity contribution in [3.05, 3.63) is 29.8 Å². The van der Waals surface area contributed by atoms with Gasteiger partial charge in [-0.25, -0.2) is 0 Å². The van der Waals surface area contributed by atoms with Crippen molar-refractivity contribution in [2.45, 2.75) is 25.2 Å². The van der Waals surface area contributed by atoms with Crippen molar-refractivity contribution < 1.29 is 19.4 Å². The molecule has 5 nitrogen and oxygen atoms in total. The third-order valence-electron chi connectivity index (χ3n) is 3.13. The topological polar surface area (TPSA) is 75.6 Å². The molecule has 0 aromatic heterocycles. The van der Waals surface area contributed by atoms with Crippen LogP contribution in [-0.2, 0) is 9.59 Å². The molecule has 1 aliphatic rings. The smallest absolute Gasteiger partial charge is 0.303 e. The van der Waals surface area contributed by atoms with Crippen LogP contribution in [-0.4, -0.2) is 30.1 Å². The fraction of sp³-hybridized carbons (Fsp3) is 0.429. The average molecular weight is 263 g/mol. The van der Waals surface area contributed by atoms with Gasteiger partial charge < -0.3 is 15.2 Å². The lowest BCUT2D eigenvalue weighted by Gasteiger charge is -2.09. The molecule has 5 heteroatoms. The first-order valence-corrected chi connectivity index (χ1v) is 6.39. The number of benzene rings is 1. The second kappa shape index (κ2) is 6.22. The highest BCUT2D eigenvalue weighted by atomic mass is 16.5. The number of carbonyl (C=O) groups excluding carboxylic acids is 1. The predicted octanol–water partition coefficient (Wildman–Crippen LogP) is 1.53. The van der Waals surface area contributed by atoms with E-state index in [1.54, 1.807) is 0 Å². The van der Waals surface area contributed by atoms with Gasteiger partial charge in [-0.1, -0.05) is 18.2 Å². The van der Waals surface area contributed by atoms with Gasteiger partial charge in [0.2, 0.25) is 5.91 Å². The van der Waals surface area contributed by atoms with E-state index in [0.29, 0.717) is 26.0 Å². The lowest BCUT2D eigenvalue weighted by atomic mass is 10.0. The Morgan fingerprint density at radius 2 is 2.11 bits per heavy atom. The van der Waals surface area contributed by atoms with Gasteiger partial charge in [-0.05, 0) is 18.9 Å². The lowest BCUT2D eigenvalue weighted by molar-refractivity contribution is -0.137. The third-order valence-corrected chi connectivity index (χ3v) is 3.13. The first-order chi connectivity index (χ1) is 9.18. The van der Waals surface area contributed by atoms with E-state index in [2.05, 4.69) is 5.32 Å². The number of hydrogen-bond donors (Lipinski definition) is 2. The van der Waals surface area contributed by atoms with Crippen molar-refractivity contribution in [1.29, 1.82) is 0 Å². The van der Waals surface area contributed by atoms with Crippen LogP contribution in [0.25, 0.3) is 0 Å². The van der Waals surface area contributed by atoms with E-state index in [9.17, 15) is 9.59 Å². The first-order valence-electron chi connectivity index (χ1n) is 6.39. The number of nitrogens with one attached hydrogen (secondary N) is 1. The Bertz CT molecular complexity index is 472. The number of para-hydroxylation sites is 1. The molecular weight excluding hydrogens is 246 g/mol. The molecule has 0 saturated heterocycles. The van der Waals surface area contributed by atoms with Crippen LogP contribution in [0.5, 0.6) is 5.75 Å². The maximum Gasteiger partial charge on any atom is 0.303 e. The SMILES string of the molecule is O=C(O)CCCCNC(=O)[C@H]1COc2ccccc21. The molecule has 1 aliphatic heterocycles. The van der Waals surface area contributed by atoms with Gasteiger partial charge in [0.1, 0.15) is 18.3 Å². The Morgan fingerprint density at radius 3 is 2.89 bits per heavy atom. The zero-order valence-corrected chi connectivity index (χ0v) is 10.6. The first kappa shape index (κ1) is 13.4. The Labute approximate surface area is 111 Å². The quantitative estimate of drug-likeness (QED) is 0.763. The van der Waals surface area contributed by atoms with Crippen LogP contribution in [0.1, 0.15) is 30.7 Å². The zero-order chi connectivity index (χ0) is 13.7. The summed E-state index contributed by atoms with van der Waals surface area (Å²) < 4.78 is 5.45. The molecule has 1 atom stereocenters. The van der Waals surface area contributed by atoms with Gasteiger partial charge in [0, 0.05) is 18.5 Å². The Hall–Kier alpha value is -2.04. The monoisotopic (exact) mass is 263 g/mol. The summed E-state index contributed by atoms with van der Waals surface area (Å²) in [5.41, 5.74) is 0.922. The summed E-state index contributed by atoms with van der Waals surface area (Å²) in [5.74, 6) is -0.339. The summed E-state index contributed by atoms with van der Waals surface area (Å²) in [6, 6.07) is 7.53. The second-order valence-electron chi connectivity index (χ2n) is 4.54. The highest BCUT2D eigenvalue weighted by Gasteiger charge is 2.29. The molecule has 0 aliphatic carbocycles. The van der Waals surface area contributed by atoms with E-state index in [1.807, 2.05) is 24.3 Å².